The van der Waals surface area contributed by atoms with Gasteiger partial charge in [-0.05, 0) is 24.3 Å². The number of ether oxygens (including phenoxy) is 2. The van der Waals surface area contributed by atoms with Gasteiger partial charge in [0.2, 0.25) is 0 Å². The Hall–Kier alpha value is -3.62. The number of nitro groups is 1. The number of carbonyl (C=O) groups is 2. The number of amides is 2. The van der Waals surface area contributed by atoms with Gasteiger partial charge in [-0.3, -0.25) is 19.7 Å². The Labute approximate surface area is 167 Å². The zero-order valence-electron chi connectivity index (χ0n) is 16.2. The van der Waals surface area contributed by atoms with Crippen LogP contribution in [0.5, 0.6) is 11.5 Å². The lowest BCUT2D eigenvalue weighted by Gasteiger charge is -2.35. The van der Waals surface area contributed by atoms with E-state index in [1.54, 1.807) is 28.0 Å². The molecule has 0 atom stereocenters. The average Bonchev–Trinajstić information content (AvgIpc) is 2.77. The molecule has 0 aromatic heterocycles. The van der Waals surface area contributed by atoms with Gasteiger partial charge in [0.05, 0.1) is 24.7 Å². The third kappa shape index (κ3) is 4.13. The van der Waals surface area contributed by atoms with Gasteiger partial charge in [-0.15, -0.1) is 0 Å². The molecule has 0 aliphatic carbocycles. The van der Waals surface area contributed by atoms with Gasteiger partial charge < -0.3 is 19.3 Å². The molecule has 9 heteroatoms. The molecule has 2 amide bonds. The van der Waals surface area contributed by atoms with Gasteiger partial charge in [0, 0.05) is 43.9 Å². The van der Waals surface area contributed by atoms with Crippen molar-refractivity contribution in [3.63, 3.8) is 0 Å². The first kappa shape index (κ1) is 20.1. The van der Waals surface area contributed by atoms with Crippen LogP contribution in [0.1, 0.15) is 20.7 Å². The summed E-state index contributed by atoms with van der Waals surface area (Å²) in [6.45, 7) is 1.48. The van der Waals surface area contributed by atoms with Crippen LogP contribution in [0.15, 0.2) is 42.5 Å². The number of para-hydroxylation sites is 1. The molecular formula is C20H21N3O6. The van der Waals surface area contributed by atoms with Crippen LogP contribution in [-0.2, 0) is 0 Å². The highest BCUT2D eigenvalue weighted by Gasteiger charge is 2.28. The van der Waals surface area contributed by atoms with Gasteiger partial charge >= 0.3 is 0 Å². The Morgan fingerprint density at radius 3 is 2.00 bits per heavy atom. The minimum Gasteiger partial charge on any atom is -0.493 e. The van der Waals surface area contributed by atoms with Crippen LogP contribution < -0.4 is 9.47 Å². The van der Waals surface area contributed by atoms with Crippen molar-refractivity contribution in [1.82, 2.24) is 9.80 Å². The normalized spacial score (nSPS) is 13.7. The van der Waals surface area contributed by atoms with Crippen molar-refractivity contribution in [3.05, 3.63) is 63.7 Å². The summed E-state index contributed by atoms with van der Waals surface area (Å²) in [5.41, 5.74) is 0.719. The Balaban J connectivity index is 1.66. The Bertz CT molecular complexity index is 920. The van der Waals surface area contributed by atoms with E-state index >= 15 is 0 Å². The lowest BCUT2D eigenvalue weighted by atomic mass is 10.1. The predicted octanol–water partition coefficient (Wildman–Crippen LogP) is 2.21. The van der Waals surface area contributed by atoms with Crippen molar-refractivity contribution in [1.29, 1.82) is 0 Å². The first-order valence-electron chi connectivity index (χ1n) is 9.00. The molecule has 1 fully saturated rings. The summed E-state index contributed by atoms with van der Waals surface area (Å²) >= 11 is 0. The molecule has 29 heavy (non-hydrogen) atoms. The van der Waals surface area contributed by atoms with E-state index in [4.69, 9.17) is 9.47 Å². The van der Waals surface area contributed by atoms with Crippen molar-refractivity contribution in [2.75, 3.05) is 40.4 Å². The quantitative estimate of drug-likeness (QED) is 0.564. The highest BCUT2D eigenvalue weighted by Crippen LogP contribution is 2.31. The van der Waals surface area contributed by atoms with E-state index in [1.807, 2.05) is 0 Å². The number of non-ortho nitro benzene ring substituents is 1. The van der Waals surface area contributed by atoms with Crippen molar-refractivity contribution >= 4 is 17.5 Å². The minimum atomic E-state index is -0.508. The largest absolute Gasteiger partial charge is 0.493 e. The molecule has 0 N–H and O–H groups in total. The second-order valence-corrected chi connectivity index (χ2v) is 6.43. The molecule has 1 heterocycles. The maximum absolute atomic E-state index is 12.9. The fraction of sp³-hybridized carbons (Fsp3) is 0.300. The molecule has 0 bridgehead atoms. The third-order valence-corrected chi connectivity index (χ3v) is 4.81. The van der Waals surface area contributed by atoms with Crippen molar-refractivity contribution in [2.45, 2.75) is 0 Å². The third-order valence-electron chi connectivity index (χ3n) is 4.81. The number of piperazine rings is 1. The molecule has 1 aliphatic rings. The number of carbonyl (C=O) groups excluding carboxylic acids is 2. The number of rotatable bonds is 5. The number of nitrogens with zero attached hydrogens (tertiary/aromatic N) is 3. The number of nitro benzene ring substituents is 1. The van der Waals surface area contributed by atoms with E-state index < -0.39 is 4.92 Å². The highest BCUT2D eigenvalue weighted by atomic mass is 16.6. The predicted molar refractivity (Wildman–Crippen MR) is 104 cm³/mol. The van der Waals surface area contributed by atoms with Crippen molar-refractivity contribution in [3.8, 4) is 11.5 Å². The molecule has 1 saturated heterocycles. The van der Waals surface area contributed by atoms with Gasteiger partial charge in [0.1, 0.15) is 0 Å². The molecule has 0 spiro atoms. The topological polar surface area (TPSA) is 102 Å². The van der Waals surface area contributed by atoms with Gasteiger partial charge in [-0.25, -0.2) is 0 Å². The number of methoxy groups -OCH3 is 2. The van der Waals surface area contributed by atoms with Crippen molar-refractivity contribution < 1.29 is 24.0 Å². The number of hydrogen-bond acceptors (Lipinski definition) is 6. The number of benzene rings is 2. The molecule has 2 aromatic rings. The minimum absolute atomic E-state index is 0.0656. The van der Waals surface area contributed by atoms with E-state index in [9.17, 15) is 19.7 Å². The number of hydrogen-bond donors (Lipinski definition) is 0. The molecule has 152 valence electrons. The standard InChI is InChI=1S/C20H21N3O6/c1-28-17-5-3-4-16(18(17)29-2)20(25)22-12-10-21(11-13-22)19(24)14-6-8-15(9-7-14)23(26)27/h3-9H,10-13H2,1-2H3. The Kier molecular flexibility index (Phi) is 5.96. The Morgan fingerprint density at radius 1 is 0.897 bits per heavy atom. The van der Waals surface area contributed by atoms with Crippen LogP contribution in [0.4, 0.5) is 5.69 Å². The van der Waals surface area contributed by atoms with Crippen LogP contribution in [0.25, 0.3) is 0 Å². The fourth-order valence-electron chi connectivity index (χ4n) is 3.25. The molecule has 0 unspecified atom stereocenters. The molecule has 1 aliphatic heterocycles. The summed E-state index contributed by atoms with van der Waals surface area (Å²) < 4.78 is 10.6. The van der Waals surface area contributed by atoms with E-state index in [1.165, 1.54) is 38.5 Å². The first-order chi connectivity index (χ1) is 14.0. The Morgan fingerprint density at radius 2 is 1.48 bits per heavy atom. The second-order valence-electron chi connectivity index (χ2n) is 6.43. The lowest BCUT2D eigenvalue weighted by molar-refractivity contribution is -0.384. The van der Waals surface area contributed by atoms with Gasteiger partial charge in [-0.2, -0.15) is 0 Å². The van der Waals surface area contributed by atoms with Crippen LogP contribution >= 0.6 is 0 Å². The lowest BCUT2D eigenvalue weighted by Crippen LogP contribution is -2.50. The van der Waals surface area contributed by atoms with E-state index in [2.05, 4.69) is 0 Å². The van der Waals surface area contributed by atoms with Crippen LogP contribution in [0.3, 0.4) is 0 Å². The first-order valence-corrected chi connectivity index (χ1v) is 9.00. The molecule has 0 radical (unpaired) electrons. The van der Waals surface area contributed by atoms with Crippen LogP contribution in [0.2, 0.25) is 0 Å². The highest BCUT2D eigenvalue weighted by molar-refractivity contribution is 5.98. The molecule has 3 rings (SSSR count). The van der Waals surface area contributed by atoms with E-state index in [-0.39, 0.29) is 17.5 Å². The SMILES string of the molecule is COc1cccc(C(=O)N2CCN(C(=O)c3ccc([N+](=O)[O-])cc3)CC2)c1OC. The van der Waals surface area contributed by atoms with E-state index in [0.29, 0.717) is 48.8 Å². The zero-order chi connectivity index (χ0) is 21.0. The molecule has 0 saturated carbocycles. The smallest absolute Gasteiger partial charge is 0.269 e. The van der Waals surface area contributed by atoms with Crippen molar-refractivity contribution in [2.24, 2.45) is 0 Å². The fourth-order valence-corrected chi connectivity index (χ4v) is 3.25. The van der Waals surface area contributed by atoms with E-state index in [0.717, 1.165) is 0 Å². The summed E-state index contributed by atoms with van der Waals surface area (Å²) in [4.78, 5) is 39.1. The monoisotopic (exact) mass is 399 g/mol. The van der Waals surface area contributed by atoms with Gasteiger partial charge in [-0.1, -0.05) is 6.07 Å². The molecular weight excluding hydrogens is 378 g/mol. The summed E-state index contributed by atoms with van der Waals surface area (Å²) in [6, 6.07) is 10.6. The maximum Gasteiger partial charge on any atom is 0.269 e. The summed E-state index contributed by atoms with van der Waals surface area (Å²) in [7, 11) is 2.99. The summed E-state index contributed by atoms with van der Waals surface area (Å²) in [6.07, 6.45) is 0. The van der Waals surface area contributed by atoms with Gasteiger partial charge in [0.15, 0.2) is 11.5 Å². The maximum atomic E-state index is 12.9. The average molecular weight is 399 g/mol. The van der Waals surface area contributed by atoms with Crippen LogP contribution in [0, 0.1) is 10.1 Å². The molecule has 2 aromatic carbocycles. The second kappa shape index (κ2) is 8.59. The van der Waals surface area contributed by atoms with Gasteiger partial charge in [0.25, 0.3) is 17.5 Å². The zero-order valence-corrected chi connectivity index (χ0v) is 16.2. The molecule has 9 nitrogen and oxygen atoms in total. The van der Waals surface area contributed by atoms with Crippen LogP contribution in [-0.4, -0.2) is 66.9 Å². The summed E-state index contributed by atoms with van der Waals surface area (Å²) in [5, 5.41) is 10.7. The summed E-state index contributed by atoms with van der Waals surface area (Å²) in [5.74, 6) is 0.448.